The van der Waals surface area contributed by atoms with Crippen molar-refractivity contribution in [2.24, 2.45) is 0 Å². The number of hydrogen-bond donors (Lipinski definition) is 0. The molecule has 0 radical (unpaired) electrons. The summed E-state index contributed by atoms with van der Waals surface area (Å²) in [6, 6.07) is 13.9. The standard InChI is InChI=1S/C21H24N4O2/c1-16-5-7-18(8-6-16)26-15-14-25-12-9-17(10-13-25)21-23-20(24-27-21)19-4-2-3-11-22-19/h2-8,11,17H,9-10,12-15H2,1H3. The summed E-state index contributed by atoms with van der Waals surface area (Å²) >= 11 is 0. The Morgan fingerprint density at radius 2 is 1.93 bits per heavy atom. The number of aryl methyl sites for hydroxylation is 1. The van der Waals surface area contributed by atoms with Crippen molar-refractivity contribution < 1.29 is 9.26 Å². The molecule has 6 nitrogen and oxygen atoms in total. The second-order valence-corrected chi connectivity index (χ2v) is 6.95. The number of hydrogen-bond acceptors (Lipinski definition) is 6. The summed E-state index contributed by atoms with van der Waals surface area (Å²) in [5.74, 6) is 2.55. The fourth-order valence-corrected chi connectivity index (χ4v) is 3.33. The van der Waals surface area contributed by atoms with Gasteiger partial charge in [0.1, 0.15) is 18.1 Å². The minimum atomic E-state index is 0.323. The van der Waals surface area contributed by atoms with Gasteiger partial charge in [0, 0.05) is 18.7 Å². The lowest BCUT2D eigenvalue weighted by Gasteiger charge is -2.30. The summed E-state index contributed by atoms with van der Waals surface area (Å²) in [5.41, 5.74) is 2.00. The van der Waals surface area contributed by atoms with Crippen LogP contribution in [0, 0.1) is 6.92 Å². The van der Waals surface area contributed by atoms with Crippen molar-refractivity contribution in [2.75, 3.05) is 26.2 Å². The van der Waals surface area contributed by atoms with Crippen LogP contribution in [0.3, 0.4) is 0 Å². The molecule has 1 aliphatic heterocycles. The van der Waals surface area contributed by atoms with E-state index in [1.54, 1.807) is 6.20 Å². The molecule has 2 aromatic heterocycles. The van der Waals surface area contributed by atoms with Gasteiger partial charge in [-0.3, -0.25) is 9.88 Å². The van der Waals surface area contributed by atoms with Gasteiger partial charge in [-0.2, -0.15) is 4.98 Å². The molecule has 1 aromatic carbocycles. The van der Waals surface area contributed by atoms with E-state index in [9.17, 15) is 0 Å². The lowest BCUT2D eigenvalue weighted by atomic mass is 9.97. The first-order valence-electron chi connectivity index (χ1n) is 9.45. The van der Waals surface area contributed by atoms with Gasteiger partial charge in [0.25, 0.3) is 0 Å². The van der Waals surface area contributed by atoms with E-state index >= 15 is 0 Å². The van der Waals surface area contributed by atoms with Gasteiger partial charge in [-0.25, -0.2) is 0 Å². The van der Waals surface area contributed by atoms with Crippen molar-refractivity contribution in [1.29, 1.82) is 0 Å². The molecule has 0 aliphatic carbocycles. The van der Waals surface area contributed by atoms with Crippen molar-refractivity contribution in [3.63, 3.8) is 0 Å². The number of ether oxygens (including phenoxy) is 1. The number of rotatable bonds is 6. The number of aromatic nitrogens is 3. The number of likely N-dealkylation sites (tertiary alicyclic amines) is 1. The summed E-state index contributed by atoms with van der Waals surface area (Å²) in [6.45, 7) is 5.75. The highest BCUT2D eigenvalue weighted by molar-refractivity contribution is 5.47. The number of benzene rings is 1. The molecule has 3 heterocycles. The predicted molar refractivity (Wildman–Crippen MR) is 103 cm³/mol. The Balaban J connectivity index is 1.24. The molecule has 1 saturated heterocycles. The molecule has 1 fully saturated rings. The Morgan fingerprint density at radius 3 is 2.67 bits per heavy atom. The summed E-state index contributed by atoms with van der Waals surface area (Å²) in [5, 5.41) is 4.09. The molecule has 3 aromatic rings. The second kappa shape index (κ2) is 8.31. The SMILES string of the molecule is Cc1ccc(OCCN2CCC(c3nc(-c4ccccn4)no3)CC2)cc1. The molecule has 0 N–H and O–H groups in total. The number of pyridine rings is 1. The molecule has 0 amide bonds. The van der Waals surface area contributed by atoms with Gasteiger partial charge in [0.15, 0.2) is 0 Å². The highest BCUT2D eigenvalue weighted by Gasteiger charge is 2.25. The average molecular weight is 364 g/mol. The van der Waals surface area contributed by atoms with Crippen LogP contribution in [0.25, 0.3) is 11.5 Å². The minimum Gasteiger partial charge on any atom is -0.492 e. The minimum absolute atomic E-state index is 0.323. The highest BCUT2D eigenvalue weighted by atomic mass is 16.5. The van der Waals surface area contributed by atoms with Crippen LogP contribution in [0.1, 0.15) is 30.2 Å². The van der Waals surface area contributed by atoms with Crippen LogP contribution in [0.2, 0.25) is 0 Å². The van der Waals surface area contributed by atoms with E-state index in [-0.39, 0.29) is 0 Å². The van der Waals surface area contributed by atoms with Crippen molar-refractivity contribution in [2.45, 2.75) is 25.7 Å². The number of nitrogens with zero attached hydrogens (tertiary/aromatic N) is 4. The maximum atomic E-state index is 5.84. The van der Waals surface area contributed by atoms with Crippen LogP contribution in [0.15, 0.2) is 53.2 Å². The summed E-state index contributed by atoms with van der Waals surface area (Å²) < 4.78 is 11.3. The van der Waals surface area contributed by atoms with Crippen molar-refractivity contribution in [3.8, 4) is 17.3 Å². The molecule has 0 saturated carbocycles. The first kappa shape index (κ1) is 17.7. The van der Waals surface area contributed by atoms with Gasteiger partial charge in [-0.15, -0.1) is 0 Å². The average Bonchev–Trinajstić information content (AvgIpc) is 3.21. The van der Waals surface area contributed by atoms with E-state index < -0.39 is 0 Å². The lowest BCUT2D eigenvalue weighted by molar-refractivity contribution is 0.163. The van der Waals surface area contributed by atoms with Crippen molar-refractivity contribution >= 4 is 0 Å². The zero-order valence-corrected chi connectivity index (χ0v) is 15.5. The monoisotopic (exact) mass is 364 g/mol. The fourth-order valence-electron chi connectivity index (χ4n) is 3.33. The van der Waals surface area contributed by atoms with E-state index in [1.807, 2.05) is 30.3 Å². The van der Waals surface area contributed by atoms with Crippen molar-refractivity contribution in [1.82, 2.24) is 20.0 Å². The Hall–Kier alpha value is -2.73. The third-order valence-corrected chi connectivity index (χ3v) is 4.97. The molecule has 0 bridgehead atoms. The maximum Gasteiger partial charge on any atom is 0.230 e. The third kappa shape index (κ3) is 4.52. The molecule has 6 heteroatoms. The zero-order chi connectivity index (χ0) is 18.5. The van der Waals surface area contributed by atoms with E-state index in [4.69, 9.17) is 9.26 Å². The van der Waals surface area contributed by atoms with E-state index in [0.29, 0.717) is 18.3 Å². The first-order chi connectivity index (χ1) is 13.3. The van der Waals surface area contributed by atoms with Gasteiger partial charge in [0.05, 0.1) is 0 Å². The molecule has 0 spiro atoms. The topological polar surface area (TPSA) is 64.3 Å². The number of piperidine rings is 1. The van der Waals surface area contributed by atoms with Crippen molar-refractivity contribution in [3.05, 3.63) is 60.1 Å². The van der Waals surface area contributed by atoms with E-state index in [2.05, 4.69) is 39.1 Å². The Kier molecular flexibility index (Phi) is 5.44. The van der Waals surface area contributed by atoms with Crippen LogP contribution in [0.5, 0.6) is 5.75 Å². The smallest absolute Gasteiger partial charge is 0.230 e. The van der Waals surface area contributed by atoms with Gasteiger partial charge < -0.3 is 9.26 Å². The Labute approximate surface area is 159 Å². The first-order valence-corrected chi connectivity index (χ1v) is 9.45. The van der Waals surface area contributed by atoms with Gasteiger partial charge >= 0.3 is 0 Å². The maximum absolute atomic E-state index is 5.84. The van der Waals surface area contributed by atoms with Gasteiger partial charge in [-0.1, -0.05) is 28.9 Å². The zero-order valence-electron chi connectivity index (χ0n) is 15.5. The van der Waals surface area contributed by atoms with Gasteiger partial charge in [0.2, 0.25) is 11.7 Å². The van der Waals surface area contributed by atoms with Crippen LogP contribution >= 0.6 is 0 Å². The molecular formula is C21H24N4O2. The lowest BCUT2D eigenvalue weighted by Crippen LogP contribution is -2.35. The fraction of sp³-hybridized carbons (Fsp3) is 0.381. The van der Waals surface area contributed by atoms with Crippen LogP contribution in [-0.4, -0.2) is 46.3 Å². The molecule has 4 rings (SSSR count). The Morgan fingerprint density at radius 1 is 1.11 bits per heavy atom. The van der Waals surface area contributed by atoms with Crippen LogP contribution in [-0.2, 0) is 0 Å². The summed E-state index contributed by atoms with van der Waals surface area (Å²) in [6.07, 6.45) is 3.78. The molecule has 140 valence electrons. The third-order valence-electron chi connectivity index (χ3n) is 4.97. The molecule has 1 aliphatic rings. The quantitative estimate of drug-likeness (QED) is 0.664. The molecular weight excluding hydrogens is 340 g/mol. The van der Waals surface area contributed by atoms with Crippen LogP contribution < -0.4 is 4.74 Å². The summed E-state index contributed by atoms with van der Waals surface area (Å²) in [7, 11) is 0. The molecule has 0 atom stereocenters. The highest BCUT2D eigenvalue weighted by Crippen LogP contribution is 2.28. The van der Waals surface area contributed by atoms with E-state index in [0.717, 1.165) is 49.8 Å². The van der Waals surface area contributed by atoms with E-state index in [1.165, 1.54) is 5.56 Å². The Bertz CT molecular complexity index is 840. The predicted octanol–water partition coefficient (Wildman–Crippen LogP) is 3.70. The largest absolute Gasteiger partial charge is 0.492 e. The second-order valence-electron chi connectivity index (χ2n) is 6.95. The molecule has 27 heavy (non-hydrogen) atoms. The normalized spacial score (nSPS) is 15.7. The van der Waals surface area contributed by atoms with Crippen LogP contribution in [0.4, 0.5) is 0 Å². The summed E-state index contributed by atoms with van der Waals surface area (Å²) in [4.78, 5) is 11.3. The van der Waals surface area contributed by atoms with Gasteiger partial charge in [-0.05, 0) is 57.1 Å². The molecule has 0 unspecified atom stereocenters.